The van der Waals surface area contributed by atoms with Gasteiger partial charge in [-0.2, -0.15) is 0 Å². The third-order valence-corrected chi connectivity index (χ3v) is 3.98. The highest BCUT2D eigenvalue weighted by Gasteiger charge is 2.20. The standard InChI is InChI=1S/C19H19F2NO5/c1-10(13-5-4-12(20)9-14(13)21)6-17(23)22-15-7-11(19(24)25)8-16(26-2)18(15)27-3/h4-5,7-10H,6H2,1-3H3,(H,22,23)(H,24,25). The van der Waals surface area contributed by atoms with Crippen LogP contribution in [0.3, 0.4) is 0 Å². The number of carboxylic acids is 1. The summed E-state index contributed by atoms with van der Waals surface area (Å²) < 4.78 is 37.2. The Hall–Kier alpha value is -3.16. The van der Waals surface area contributed by atoms with E-state index in [4.69, 9.17) is 9.47 Å². The number of ether oxygens (including phenoxy) is 2. The molecular formula is C19H19F2NO5. The summed E-state index contributed by atoms with van der Waals surface area (Å²) in [5.41, 5.74) is 0.224. The second-order valence-corrected chi connectivity index (χ2v) is 5.88. The van der Waals surface area contributed by atoms with E-state index in [0.29, 0.717) is 0 Å². The molecule has 1 atom stereocenters. The topological polar surface area (TPSA) is 84.9 Å². The largest absolute Gasteiger partial charge is 0.493 e. The van der Waals surface area contributed by atoms with Gasteiger partial charge in [-0.25, -0.2) is 13.6 Å². The van der Waals surface area contributed by atoms with E-state index < -0.39 is 29.4 Å². The summed E-state index contributed by atoms with van der Waals surface area (Å²) in [6, 6.07) is 5.68. The van der Waals surface area contributed by atoms with Crippen LogP contribution in [0.2, 0.25) is 0 Å². The average Bonchev–Trinajstić information content (AvgIpc) is 2.60. The fourth-order valence-corrected chi connectivity index (χ4v) is 2.67. The predicted octanol–water partition coefficient (Wildman–Crippen LogP) is 3.81. The Kier molecular flexibility index (Phi) is 6.33. The van der Waals surface area contributed by atoms with Crippen LogP contribution >= 0.6 is 0 Å². The van der Waals surface area contributed by atoms with E-state index in [2.05, 4.69) is 5.32 Å². The van der Waals surface area contributed by atoms with Crippen LogP contribution in [0.15, 0.2) is 30.3 Å². The quantitative estimate of drug-likeness (QED) is 0.764. The summed E-state index contributed by atoms with van der Waals surface area (Å²) in [6.45, 7) is 1.63. The number of benzene rings is 2. The predicted molar refractivity (Wildman–Crippen MR) is 94.5 cm³/mol. The van der Waals surface area contributed by atoms with Gasteiger partial charge in [0.15, 0.2) is 11.5 Å². The van der Waals surface area contributed by atoms with E-state index in [1.165, 1.54) is 32.4 Å². The maximum atomic E-state index is 13.9. The lowest BCUT2D eigenvalue weighted by molar-refractivity contribution is -0.116. The molecule has 2 aromatic carbocycles. The van der Waals surface area contributed by atoms with Crippen molar-refractivity contribution in [1.29, 1.82) is 0 Å². The van der Waals surface area contributed by atoms with Gasteiger partial charge in [0.05, 0.1) is 25.5 Å². The van der Waals surface area contributed by atoms with Gasteiger partial charge in [0.1, 0.15) is 11.6 Å². The highest BCUT2D eigenvalue weighted by molar-refractivity contribution is 5.97. The first-order valence-corrected chi connectivity index (χ1v) is 8.01. The minimum absolute atomic E-state index is 0.0967. The first-order chi connectivity index (χ1) is 12.8. The zero-order valence-electron chi connectivity index (χ0n) is 15.0. The number of nitrogens with one attached hydrogen (secondary N) is 1. The summed E-state index contributed by atoms with van der Waals surface area (Å²) in [7, 11) is 2.69. The Labute approximate surface area is 154 Å². The van der Waals surface area contributed by atoms with Crippen molar-refractivity contribution in [1.82, 2.24) is 0 Å². The molecule has 8 heteroatoms. The van der Waals surface area contributed by atoms with Crippen molar-refractivity contribution in [3.05, 3.63) is 53.1 Å². The molecule has 0 bridgehead atoms. The Morgan fingerprint density at radius 3 is 2.41 bits per heavy atom. The first-order valence-electron chi connectivity index (χ1n) is 8.01. The number of hydrogen-bond acceptors (Lipinski definition) is 4. The van der Waals surface area contributed by atoms with Crippen molar-refractivity contribution < 1.29 is 33.0 Å². The zero-order valence-corrected chi connectivity index (χ0v) is 15.0. The highest BCUT2D eigenvalue weighted by Crippen LogP contribution is 2.37. The molecule has 6 nitrogen and oxygen atoms in total. The van der Waals surface area contributed by atoms with Crippen molar-refractivity contribution in [3.8, 4) is 11.5 Å². The van der Waals surface area contributed by atoms with Crippen molar-refractivity contribution in [2.45, 2.75) is 19.3 Å². The van der Waals surface area contributed by atoms with Gasteiger partial charge in [-0.1, -0.05) is 13.0 Å². The zero-order chi connectivity index (χ0) is 20.1. The van der Waals surface area contributed by atoms with Gasteiger partial charge in [0, 0.05) is 12.5 Å². The van der Waals surface area contributed by atoms with E-state index in [-0.39, 0.29) is 34.7 Å². The summed E-state index contributed by atoms with van der Waals surface area (Å²) >= 11 is 0. The third kappa shape index (κ3) is 4.72. The molecule has 0 aromatic heterocycles. The summed E-state index contributed by atoms with van der Waals surface area (Å²) in [4.78, 5) is 23.6. The molecule has 0 fully saturated rings. The molecular weight excluding hydrogens is 360 g/mol. The fraction of sp³-hybridized carbons (Fsp3) is 0.263. The molecule has 0 saturated carbocycles. The molecule has 144 valence electrons. The molecule has 0 spiro atoms. The van der Waals surface area contributed by atoms with E-state index in [9.17, 15) is 23.5 Å². The Bertz CT molecular complexity index is 869. The van der Waals surface area contributed by atoms with Crippen LogP contribution in [0.25, 0.3) is 0 Å². The molecule has 0 radical (unpaired) electrons. The van der Waals surface area contributed by atoms with E-state index in [1.54, 1.807) is 6.92 Å². The molecule has 0 heterocycles. The summed E-state index contributed by atoms with van der Waals surface area (Å²) in [5, 5.41) is 11.8. The van der Waals surface area contributed by atoms with Gasteiger partial charge in [0.2, 0.25) is 5.91 Å². The molecule has 2 N–H and O–H groups in total. The smallest absolute Gasteiger partial charge is 0.335 e. The lowest BCUT2D eigenvalue weighted by Crippen LogP contribution is -2.16. The van der Waals surface area contributed by atoms with Crippen LogP contribution in [0.4, 0.5) is 14.5 Å². The van der Waals surface area contributed by atoms with Crippen molar-refractivity contribution in [3.63, 3.8) is 0 Å². The Morgan fingerprint density at radius 2 is 1.85 bits per heavy atom. The normalized spacial score (nSPS) is 11.6. The second-order valence-electron chi connectivity index (χ2n) is 5.88. The average molecular weight is 379 g/mol. The minimum Gasteiger partial charge on any atom is -0.493 e. The second kappa shape index (κ2) is 8.48. The van der Waals surface area contributed by atoms with Gasteiger partial charge in [0.25, 0.3) is 0 Å². The summed E-state index contributed by atoms with van der Waals surface area (Å²) in [6.07, 6.45) is -0.106. The first kappa shape index (κ1) is 20.2. The molecule has 2 rings (SSSR count). The van der Waals surface area contributed by atoms with Gasteiger partial charge in [-0.05, 0) is 29.7 Å². The number of amides is 1. The number of carbonyl (C=O) groups is 2. The Morgan fingerprint density at radius 1 is 1.15 bits per heavy atom. The lowest BCUT2D eigenvalue weighted by atomic mass is 9.96. The lowest BCUT2D eigenvalue weighted by Gasteiger charge is -2.16. The summed E-state index contributed by atoms with van der Waals surface area (Å²) in [5.74, 6) is -3.34. The number of hydrogen-bond donors (Lipinski definition) is 2. The van der Waals surface area contributed by atoms with Crippen LogP contribution in [0.5, 0.6) is 11.5 Å². The fourth-order valence-electron chi connectivity index (χ4n) is 2.67. The number of anilines is 1. The molecule has 1 unspecified atom stereocenters. The molecule has 0 aliphatic heterocycles. The van der Waals surface area contributed by atoms with Crippen LogP contribution < -0.4 is 14.8 Å². The van der Waals surface area contributed by atoms with Gasteiger partial charge in [-0.15, -0.1) is 0 Å². The van der Waals surface area contributed by atoms with E-state index in [1.807, 2.05) is 0 Å². The third-order valence-electron chi connectivity index (χ3n) is 3.98. The van der Waals surface area contributed by atoms with Crippen molar-refractivity contribution in [2.75, 3.05) is 19.5 Å². The molecule has 2 aromatic rings. The van der Waals surface area contributed by atoms with Gasteiger partial charge in [-0.3, -0.25) is 4.79 Å². The van der Waals surface area contributed by atoms with E-state index in [0.717, 1.165) is 12.1 Å². The van der Waals surface area contributed by atoms with Crippen LogP contribution in [0, 0.1) is 11.6 Å². The van der Waals surface area contributed by atoms with Crippen molar-refractivity contribution >= 4 is 17.6 Å². The molecule has 0 saturated heterocycles. The highest BCUT2D eigenvalue weighted by atomic mass is 19.1. The number of halogens is 2. The molecule has 0 aliphatic rings. The van der Waals surface area contributed by atoms with Gasteiger partial charge < -0.3 is 19.9 Å². The maximum Gasteiger partial charge on any atom is 0.335 e. The molecule has 1 amide bonds. The number of methoxy groups -OCH3 is 2. The van der Waals surface area contributed by atoms with Crippen LogP contribution in [-0.4, -0.2) is 31.2 Å². The molecule has 27 heavy (non-hydrogen) atoms. The van der Waals surface area contributed by atoms with Crippen LogP contribution in [0.1, 0.15) is 35.2 Å². The molecule has 0 aliphatic carbocycles. The van der Waals surface area contributed by atoms with Crippen molar-refractivity contribution in [2.24, 2.45) is 0 Å². The number of aromatic carboxylic acids is 1. The Balaban J connectivity index is 2.24. The SMILES string of the molecule is COc1cc(C(=O)O)cc(NC(=O)CC(C)c2ccc(F)cc2F)c1OC. The number of rotatable bonds is 7. The maximum absolute atomic E-state index is 13.9. The minimum atomic E-state index is -1.20. The van der Waals surface area contributed by atoms with Crippen LogP contribution in [-0.2, 0) is 4.79 Å². The van der Waals surface area contributed by atoms with E-state index >= 15 is 0 Å². The van der Waals surface area contributed by atoms with Gasteiger partial charge >= 0.3 is 5.97 Å². The number of carboxylic acid groups (broad SMARTS) is 1. The number of carbonyl (C=O) groups excluding carboxylic acids is 1. The monoisotopic (exact) mass is 379 g/mol.